The first-order valence-corrected chi connectivity index (χ1v) is 13.1. The van der Waals surface area contributed by atoms with Gasteiger partial charge in [0, 0.05) is 5.69 Å². The maximum atomic E-state index is 12.7. The molecule has 0 aliphatic heterocycles. The number of rotatable bonds is 8. The zero-order valence-electron chi connectivity index (χ0n) is 19.4. The Morgan fingerprint density at radius 1 is 1.06 bits per heavy atom. The van der Waals surface area contributed by atoms with Crippen LogP contribution in [0.5, 0.6) is 11.5 Å². The molecule has 0 saturated heterocycles. The van der Waals surface area contributed by atoms with E-state index < -0.39 is 5.91 Å². The number of hydrogen-bond acceptors (Lipinski definition) is 4. The fourth-order valence-corrected chi connectivity index (χ4v) is 5.45. The van der Waals surface area contributed by atoms with Crippen LogP contribution in [0.2, 0.25) is 0 Å². The van der Waals surface area contributed by atoms with Gasteiger partial charge in [-0.2, -0.15) is 5.26 Å². The lowest BCUT2D eigenvalue weighted by atomic mass is 10.1. The third-order valence-electron chi connectivity index (χ3n) is 5.37. The van der Waals surface area contributed by atoms with E-state index >= 15 is 0 Å². The molecule has 1 N–H and O–H groups in total. The molecule has 0 radical (unpaired) electrons. The van der Waals surface area contributed by atoms with E-state index in [4.69, 9.17) is 9.47 Å². The number of amides is 1. The normalized spacial score (nSPS) is 11.1. The number of ether oxygens (including phenoxy) is 2. The molecule has 0 aliphatic rings. The van der Waals surface area contributed by atoms with Crippen LogP contribution >= 0.6 is 38.5 Å². The van der Waals surface area contributed by atoms with Crippen molar-refractivity contribution in [1.29, 1.82) is 5.26 Å². The SMILES string of the molecule is CCOc1ccc(NC(=O)/C(C#N)=C\c2cc(Br)c(OCc3cccc4ccccc34)c(I)c2)cc1. The number of nitriles is 1. The summed E-state index contributed by atoms with van der Waals surface area (Å²) in [6.45, 7) is 2.89. The molecule has 0 heterocycles. The van der Waals surface area contributed by atoms with Crippen LogP contribution in [0.1, 0.15) is 18.1 Å². The summed E-state index contributed by atoms with van der Waals surface area (Å²) in [6.07, 6.45) is 1.56. The van der Waals surface area contributed by atoms with Gasteiger partial charge in [0.25, 0.3) is 5.91 Å². The minimum atomic E-state index is -0.482. The highest BCUT2D eigenvalue weighted by molar-refractivity contribution is 14.1. The number of nitrogens with one attached hydrogen (secondary N) is 1. The summed E-state index contributed by atoms with van der Waals surface area (Å²) in [5.41, 5.74) is 2.38. The summed E-state index contributed by atoms with van der Waals surface area (Å²) in [4.78, 5) is 12.7. The largest absolute Gasteiger partial charge is 0.494 e. The molecule has 0 unspecified atom stereocenters. The van der Waals surface area contributed by atoms with Gasteiger partial charge in [-0.05, 0) is 110 Å². The number of hydrogen-bond donors (Lipinski definition) is 1. The Bertz CT molecular complexity index is 1450. The highest BCUT2D eigenvalue weighted by atomic mass is 127. The average Bonchev–Trinajstić information content (AvgIpc) is 2.88. The van der Waals surface area contributed by atoms with Crippen LogP contribution < -0.4 is 14.8 Å². The standard InChI is InChI=1S/C29H22BrIN2O3/c1-2-35-24-12-10-23(11-13-24)33-29(34)22(17-32)14-19-15-26(30)28(27(31)16-19)36-18-21-8-5-7-20-6-3-4-9-25(20)21/h3-16H,2,18H2,1H3,(H,33,34)/b22-14-. The number of carbonyl (C=O) groups excluding carboxylic acids is 1. The minimum absolute atomic E-state index is 0.00370. The Labute approximate surface area is 232 Å². The fraction of sp³-hybridized carbons (Fsp3) is 0.103. The van der Waals surface area contributed by atoms with Crippen molar-refractivity contribution in [3.8, 4) is 17.6 Å². The molecule has 180 valence electrons. The van der Waals surface area contributed by atoms with Crippen LogP contribution in [0.4, 0.5) is 5.69 Å². The average molecular weight is 653 g/mol. The summed E-state index contributed by atoms with van der Waals surface area (Å²) in [6, 6.07) is 27.1. The summed E-state index contributed by atoms with van der Waals surface area (Å²) in [5, 5.41) is 14.7. The maximum absolute atomic E-state index is 12.7. The van der Waals surface area contributed by atoms with Gasteiger partial charge in [-0.3, -0.25) is 4.79 Å². The second-order valence-electron chi connectivity index (χ2n) is 7.82. The van der Waals surface area contributed by atoms with Crippen molar-refractivity contribution in [1.82, 2.24) is 0 Å². The first-order chi connectivity index (χ1) is 17.5. The minimum Gasteiger partial charge on any atom is -0.494 e. The van der Waals surface area contributed by atoms with Crippen molar-refractivity contribution in [2.45, 2.75) is 13.5 Å². The van der Waals surface area contributed by atoms with E-state index in [0.717, 1.165) is 19.0 Å². The predicted molar refractivity (Wildman–Crippen MR) is 155 cm³/mol. The summed E-state index contributed by atoms with van der Waals surface area (Å²) in [7, 11) is 0. The van der Waals surface area contributed by atoms with Gasteiger partial charge in [-0.25, -0.2) is 0 Å². The van der Waals surface area contributed by atoms with Crippen LogP contribution in [0.3, 0.4) is 0 Å². The van der Waals surface area contributed by atoms with E-state index in [1.165, 1.54) is 5.39 Å². The molecule has 0 fully saturated rings. The molecule has 4 aromatic carbocycles. The quantitative estimate of drug-likeness (QED) is 0.120. The number of anilines is 1. The third-order valence-corrected chi connectivity index (χ3v) is 6.76. The number of fused-ring (bicyclic) bond motifs is 1. The lowest BCUT2D eigenvalue weighted by molar-refractivity contribution is -0.112. The highest BCUT2D eigenvalue weighted by Gasteiger charge is 2.13. The zero-order chi connectivity index (χ0) is 25.5. The molecule has 0 spiro atoms. The van der Waals surface area contributed by atoms with Crippen molar-refractivity contribution < 1.29 is 14.3 Å². The number of carbonyl (C=O) groups is 1. The second-order valence-corrected chi connectivity index (χ2v) is 9.84. The molecular weight excluding hydrogens is 631 g/mol. The third kappa shape index (κ3) is 6.25. The number of benzene rings is 4. The van der Waals surface area contributed by atoms with Gasteiger partial charge < -0.3 is 14.8 Å². The Hall–Kier alpha value is -3.35. The van der Waals surface area contributed by atoms with Crippen LogP contribution in [0, 0.1) is 14.9 Å². The molecule has 0 bridgehead atoms. The lowest BCUT2D eigenvalue weighted by Crippen LogP contribution is -2.13. The van der Waals surface area contributed by atoms with Crippen LogP contribution in [0.25, 0.3) is 16.8 Å². The monoisotopic (exact) mass is 652 g/mol. The molecular formula is C29H22BrIN2O3. The van der Waals surface area contributed by atoms with E-state index in [2.05, 4.69) is 68.1 Å². The topological polar surface area (TPSA) is 71.3 Å². The Morgan fingerprint density at radius 2 is 1.81 bits per heavy atom. The fourth-order valence-electron chi connectivity index (χ4n) is 3.68. The molecule has 7 heteroatoms. The van der Waals surface area contributed by atoms with E-state index in [0.29, 0.717) is 36.0 Å². The first-order valence-electron chi connectivity index (χ1n) is 11.2. The molecule has 4 aromatic rings. The van der Waals surface area contributed by atoms with Crippen molar-refractivity contribution in [3.05, 3.63) is 104 Å². The van der Waals surface area contributed by atoms with Gasteiger partial charge in [0.05, 0.1) is 14.6 Å². The molecule has 0 saturated carbocycles. The molecule has 0 aromatic heterocycles. The van der Waals surface area contributed by atoms with E-state index in [-0.39, 0.29) is 5.57 Å². The summed E-state index contributed by atoms with van der Waals surface area (Å²) in [5.74, 6) is 0.941. The van der Waals surface area contributed by atoms with Crippen LogP contribution in [0.15, 0.2) is 88.9 Å². The molecule has 36 heavy (non-hydrogen) atoms. The van der Waals surface area contributed by atoms with Crippen molar-refractivity contribution in [2.24, 2.45) is 0 Å². The van der Waals surface area contributed by atoms with Crippen LogP contribution in [-0.4, -0.2) is 12.5 Å². The van der Waals surface area contributed by atoms with Gasteiger partial charge in [-0.15, -0.1) is 0 Å². The first kappa shape index (κ1) is 25.7. The predicted octanol–water partition coefficient (Wildman–Crippen LogP) is 7.73. The smallest absolute Gasteiger partial charge is 0.266 e. The van der Waals surface area contributed by atoms with Crippen molar-refractivity contribution >= 4 is 67.0 Å². The van der Waals surface area contributed by atoms with Gasteiger partial charge >= 0.3 is 0 Å². The van der Waals surface area contributed by atoms with Gasteiger partial charge in [0.1, 0.15) is 29.7 Å². The van der Waals surface area contributed by atoms with Gasteiger partial charge in [0.15, 0.2) is 0 Å². The summed E-state index contributed by atoms with van der Waals surface area (Å²) < 4.78 is 13.2. The van der Waals surface area contributed by atoms with Crippen LogP contribution in [-0.2, 0) is 11.4 Å². The summed E-state index contributed by atoms with van der Waals surface area (Å²) >= 11 is 5.79. The van der Waals surface area contributed by atoms with Gasteiger partial charge in [0.2, 0.25) is 0 Å². The Kier molecular flexibility index (Phi) is 8.62. The van der Waals surface area contributed by atoms with E-state index in [1.54, 1.807) is 30.3 Å². The second kappa shape index (κ2) is 12.1. The zero-order valence-corrected chi connectivity index (χ0v) is 23.2. The highest BCUT2D eigenvalue weighted by Crippen LogP contribution is 2.34. The lowest BCUT2D eigenvalue weighted by Gasteiger charge is -2.13. The molecule has 5 nitrogen and oxygen atoms in total. The molecule has 1 amide bonds. The Balaban J connectivity index is 1.49. The molecule has 0 atom stereocenters. The van der Waals surface area contributed by atoms with Crippen molar-refractivity contribution in [3.63, 3.8) is 0 Å². The van der Waals surface area contributed by atoms with E-state index in [1.807, 2.05) is 43.3 Å². The molecule has 0 aliphatic carbocycles. The molecule has 4 rings (SSSR count). The number of halogens is 2. The maximum Gasteiger partial charge on any atom is 0.266 e. The van der Waals surface area contributed by atoms with E-state index in [9.17, 15) is 10.1 Å². The Morgan fingerprint density at radius 3 is 2.53 bits per heavy atom. The number of nitrogens with zero attached hydrogens (tertiary/aromatic N) is 1. The van der Waals surface area contributed by atoms with Gasteiger partial charge in [-0.1, -0.05) is 42.5 Å². The van der Waals surface area contributed by atoms with Crippen molar-refractivity contribution in [2.75, 3.05) is 11.9 Å².